The van der Waals surface area contributed by atoms with Crippen molar-refractivity contribution in [2.75, 3.05) is 13.1 Å². The first-order valence-corrected chi connectivity index (χ1v) is 4.40. The van der Waals surface area contributed by atoms with Gasteiger partial charge in [-0.05, 0) is 12.0 Å². The second-order valence-electron chi connectivity index (χ2n) is 3.65. The topological polar surface area (TPSA) is 37.1 Å². The fraction of sp³-hybridized carbons (Fsp3) is 0.667. The zero-order valence-electron chi connectivity index (χ0n) is 7.49. The Morgan fingerprint density at radius 3 is 3.08 bits per heavy atom. The third kappa shape index (κ3) is 1.19. The molecule has 2 heterocycles. The molecule has 0 saturated carbocycles. The van der Waals surface area contributed by atoms with E-state index in [4.69, 9.17) is 0 Å². The molecule has 1 unspecified atom stereocenters. The van der Waals surface area contributed by atoms with Gasteiger partial charge in [-0.3, -0.25) is 4.99 Å². The summed E-state index contributed by atoms with van der Waals surface area (Å²) in [5, 5.41) is 7.99. The van der Waals surface area contributed by atoms with Crippen LogP contribution in [0.5, 0.6) is 0 Å². The van der Waals surface area contributed by atoms with E-state index in [1.165, 1.54) is 0 Å². The molecule has 2 rings (SSSR count). The van der Waals surface area contributed by atoms with Gasteiger partial charge >= 0.3 is 0 Å². The summed E-state index contributed by atoms with van der Waals surface area (Å²) >= 11 is 0. The number of azo groups is 1. The van der Waals surface area contributed by atoms with Crippen LogP contribution in [0.4, 0.5) is 0 Å². The molecule has 0 fully saturated rings. The van der Waals surface area contributed by atoms with Crippen LogP contribution in [0, 0.1) is 11.8 Å². The smallest absolute Gasteiger partial charge is 0.105 e. The van der Waals surface area contributed by atoms with Crippen molar-refractivity contribution in [1.29, 1.82) is 0 Å². The fourth-order valence-corrected chi connectivity index (χ4v) is 1.45. The van der Waals surface area contributed by atoms with E-state index in [0.717, 1.165) is 18.0 Å². The Kier molecular flexibility index (Phi) is 1.79. The number of dihydropyridines is 1. The highest BCUT2D eigenvalue weighted by molar-refractivity contribution is 6.03. The van der Waals surface area contributed by atoms with Gasteiger partial charge < -0.3 is 0 Å². The van der Waals surface area contributed by atoms with Crippen LogP contribution in [0.3, 0.4) is 0 Å². The van der Waals surface area contributed by atoms with E-state index in [-0.39, 0.29) is 0 Å². The van der Waals surface area contributed by atoms with E-state index in [2.05, 4.69) is 35.1 Å². The molecule has 2 aliphatic heterocycles. The molecule has 0 aromatic carbocycles. The van der Waals surface area contributed by atoms with Crippen molar-refractivity contribution in [2.24, 2.45) is 27.1 Å². The van der Waals surface area contributed by atoms with Crippen LogP contribution in [-0.2, 0) is 0 Å². The summed E-state index contributed by atoms with van der Waals surface area (Å²) in [6.07, 6.45) is 2.21. The molecule has 1 atom stereocenters. The molecule has 0 N–H and O–H groups in total. The molecule has 0 radical (unpaired) electrons. The van der Waals surface area contributed by atoms with Crippen LogP contribution < -0.4 is 0 Å². The predicted molar refractivity (Wildman–Crippen MR) is 48.4 cm³/mol. The Bertz CT molecular complexity index is 273. The largest absolute Gasteiger partial charge is 0.285 e. The van der Waals surface area contributed by atoms with Gasteiger partial charge in [0.15, 0.2) is 0 Å². The first kappa shape index (κ1) is 7.65. The van der Waals surface area contributed by atoms with E-state index >= 15 is 0 Å². The molecule has 0 amide bonds. The average Bonchev–Trinajstić information content (AvgIpc) is 2.49. The Labute approximate surface area is 72.3 Å². The van der Waals surface area contributed by atoms with Crippen molar-refractivity contribution in [3.8, 4) is 0 Å². The van der Waals surface area contributed by atoms with Gasteiger partial charge in [0, 0.05) is 12.5 Å². The van der Waals surface area contributed by atoms with Gasteiger partial charge in [0.05, 0.1) is 5.71 Å². The molecule has 2 aliphatic rings. The third-order valence-corrected chi connectivity index (χ3v) is 2.42. The van der Waals surface area contributed by atoms with Crippen LogP contribution in [0.1, 0.15) is 13.8 Å². The van der Waals surface area contributed by atoms with E-state index in [1.54, 1.807) is 0 Å². The summed E-state index contributed by atoms with van der Waals surface area (Å²) < 4.78 is 0. The summed E-state index contributed by atoms with van der Waals surface area (Å²) in [7, 11) is 0. The summed E-state index contributed by atoms with van der Waals surface area (Å²) in [6, 6.07) is 0. The molecule has 0 saturated heterocycles. The van der Waals surface area contributed by atoms with Crippen molar-refractivity contribution in [3.63, 3.8) is 0 Å². The maximum Gasteiger partial charge on any atom is 0.105 e. The van der Waals surface area contributed by atoms with Gasteiger partial charge in [-0.25, -0.2) is 0 Å². The standard InChI is InChI=1S/C9H13N3/c1-6(2)7-3-8-9(10-4-7)5-11-12-8/h3,6-7H,4-5H2,1-2H3. The lowest BCUT2D eigenvalue weighted by Crippen LogP contribution is -2.17. The summed E-state index contributed by atoms with van der Waals surface area (Å²) in [5.41, 5.74) is 2.09. The zero-order chi connectivity index (χ0) is 8.55. The number of rotatable bonds is 1. The van der Waals surface area contributed by atoms with Crippen molar-refractivity contribution < 1.29 is 0 Å². The maximum absolute atomic E-state index is 4.46. The normalized spacial score (nSPS) is 27.1. The lowest BCUT2D eigenvalue weighted by atomic mass is 9.92. The first-order valence-electron chi connectivity index (χ1n) is 4.40. The zero-order valence-corrected chi connectivity index (χ0v) is 7.49. The average molecular weight is 163 g/mol. The quantitative estimate of drug-likeness (QED) is 0.567. The SMILES string of the molecule is CC(C)C1C=C2N=NCC2=NC1. The highest BCUT2D eigenvalue weighted by Gasteiger charge is 2.21. The van der Waals surface area contributed by atoms with Crippen LogP contribution in [0.25, 0.3) is 0 Å². The first-order chi connectivity index (χ1) is 5.77. The van der Waals surface area contributed by atoms with E-state index in [1.807, 2.05) is 0 Å². The molecule has 64 valence electrons. The summed E-state index contributed by atoms with van der Waals surface area (Å²) in [5.74, 6) is 1.21. The van der Waals surface area contributed by atoms with E-state index < -0.39 is 0 Å². The second-order valence-corrected chi connectivity index (χ2v) is 3.65. The Hall–Kier alpha value is -0.990. The number of fused-ring (bicyclic) bond motifs is 1. The maximum atomic E-state index is 4.46. The summed E-state index contributed by atoms with van der Waals surface area (Å²) in [6.45, 7) is 6.04. The fourth-order valence-electron chi connectivity index (χ4n) is 1.45. The highest BCUT2D eigenvalue weighted by atomic mass is 15.2. The molecule has 12 heavy (non-hydrogen) atoms. The minimum Gasteiger partial charge on any atom is -0.285 e. The second kappa shape index (κ2) is 2.81. The van der Waals surface area contributed by atoms with Crippen molar-refractivity contribution in [2.45, 2.75) is 13.8 Å². The molecule has 0 aromatic rings. The van der Waals surface area contributed by atoms with Crippen LogP contribution in [0.2, 0.25) is 0 Å². The van der Waals surface area contributed by atoms with Gasteiger partial charge in [-0.1, -0.05) is 13.8 Å². The lowest BCUT2D eigenvalue weighted by Gasteiger charge is -2.18. The van der Waals surface area contributed by atoms with Gasteiger partial charge in [-0.2, -0.15) is 10.2 Å². The van der Waals surface area contributed by atoms with Crippen LogP contribution in [0.15, 0.2) is 27.0 Å². The number of hydrogen-bond donors (Lipinski definition) is 0. The molecule has 0 bridgehead atoms. The summed E-state index contributed by atoms with van der Waals surface area (Å²) in [4.78, 5) is 4.46. The van der Waals surface area contributed by atoms with Gasteiger partial charge in [0.25, 0.3) is 0 Å². The molecule has 3 heteroatoms. The Morgan fingerprint density at radius 1 is 1.50 bits per heavy atom. The Balaban J connectivity index is 2.20. The van der Waals surface area contributed by atoms with E-state index in [0.29, 0.717) is 18.4 Å². The van der Waals surface area contributed by atoms with E-state index in [9.17, 15) is 0 Å². The molecule has 0 spiro atoms. The Morgan fingerprint density at radius 2 is 2.33 bits per heavy atom. The van der Waals surface area contributed by atoms with Gasteiger partial charge in [-0.15, -0.1) is 0 Å². The molecular weight excluding hydrogens is 150 g/mol. The molecular formula is C9H13N3. The molecule has 0 aromatic heterocycles. The van der Waals surface area contributed by atoms with Crippen LogP contribution >= 0.6 is 0 Å². The van der Waals surface area contributed by atoms with Crippen molar-refractivity contribution in [1.82, 2.24) is 0 Å². The third-order valence-electron chi connectivity index (χ3n) is 2.42. The highest BCUT2D eigenvalue weighted by Crippen LogP contribution is 2.23. The lowest BCUT2D eigenvalue weighted by molar-refractivity contribution is 0.471. The predicted octanol–water partition coefficient (Wildman–Crippen LogP) is 2.06. The number of aliphatic imine (C=N–C) groups is 1. The molecule has 0 aliphatic carbocycles. The van der Waals surface area contributed by atoms with Gasteiger partial charge in [0.1, 0.15) is 12.2 Å². The minimum absolute atomic E-state index is 0.556. The molecule has 3 nitrogen and oxygen atoms in total. The van der Waals surface area contributed by atoms with Gasteiger partial charge in [0.2, 0.25) is 0 Å². The van der Waals surface area contributed by atoms with Crippen molar-refractivity contribution >= 4 is 5.71 Å². The minimum atomic E-state index is 0.556. The monoisotopic (exact) mass is 163 g/mol. The van der Waals surface area contributed by atoms with Crippen LogP contribution in [-0.4, -0.2) is 18.8 Å². The number of hydrogen-bond acceptors (Lipinski definition) is 3. The van der Waals surface area contributed by atoms with Crippen molar-refractivity contribution in [3.05, 3.63) is 11.8 Å². The number of nitrogens with zero attached hydrogens (tertiary/aromatic N) is 3.